The van der Waals surface area contributed by atoms with Crippen molar-refractivity contribution in [2.24, 2.45) is 0 Å². The van der Waals surface area contributed by atoms with Gasteiger partial charge in [-0.25, -0.2) is 0 Å². The van der Waals surface area contributed by atoms with Crippen LogP contribution < -0.4 is 0 Å². The Kier molecular flexibility index (Phi) is 4.06. The second kappa shape index (κ2) is 5.80. The normalized spacial score (nSPS) is 24.4. The molecule has 1 saturated heterocycles. The molecular formula is C17H23NOS. The standard InChI is InChI=1S/C17H23NOS/c1-12-8-9-14(10-13(12)2)17-18(16(19)11-20-17)15-6-4-3-5-7-15/h8-10,15,17H,3-7,11H2,1-2H3. The second-order valence-corrected chi connectivity index (χ2v) is 7.17. The summed E-state index contributed by atoms with van der Waals surface area (Å²) in [7, 11) is 0. The topological polar surface area (TPSA) is 20.3 Å². The molecule has 3 heteroatoms. The van der Waals surface area contributed by atoms with E-state index in [0.717, 1.165) is 0 Å². The number of carbonyl (C=O) groups excluding carboxylic acids is 1. The van der Waals surface area contributed by atoms with Gasteiger partial charge in [0, 0.05) is 6.04 Å². The number of aryl methyl sites for hydroxylation is 2. The highest BCUT2D eigenvalue weighted by Gasteiger charge is 2.37. The van der Waals surface area contributed by atoms with Crippen LogP contribution in [0, 0.1) is 13.8 Å². The van der Waals surface area contributed by atoms with Crippen LogP contribution in [0.3, 0.4) is 0 Å². The average molecular weight is 289 g/mol. The van der Waals surface area contributed by atoms with Gasteiger partial charge in [-0.1, -0.05) is 37.5 Å². The van der Waals surface area contributed by atoms with Gasteiger partial charge in [0.05, 0.1) is 5.75 Å². The van der Waals surface area contributed by atoms with Crippen LogP contribution in [0.4, 0.5) is 0 Å². The first kappa shape index (κ1) is 14.0. The minimum Gasteiger partial charge on any atom is -0.323 e. The number of benzene rings is 1. The summed E-state index contributed by atoms with van der Waals surface area (Å²) in [5.41, 5.74) is 3.95. The summed E-state index contributed by atoms with van der Waals surface area (Å²) < 4.78 is 0. The molecule has 0 radical (unpaired) electrons. The molecule has 0 N–H and O–H groups in total. The zero-order chi connectivity index (χ0) is 14.1. The van der Waals surface area contributed by atoms with Gasteiger partial charge in [-0.2, -0.15) is 0 Å². The molecular weight excluding hydrogens is 266 g/mol. The molecule has 1 aliphatic heterocycles. The van der Waals surface area contributed by atoms with Gasteiger partial charge < -0.3 is 4.90 Å². The highest BCUT2D eigenvalue weighted by atomic mass is 32.2. The Morgan fingerprint density at radius 2 is 1.85 bits per heavy atom. The van der Waals surface area contributed by atoms with Gasteiger partial charge in [-0.15, -0.1) is 11.8 Å². The second-order valence-electron chi connectivity index (χ2n) is 6.10. The smallest absolute Gasteiger partial charge is 0.234 e. The number of rotatable bonds is 2. The summed E-state index contributed by atoms with van der Waals surface area (Å²) in [5.74, 6) is 0.985. The van der Waals surface area contributed by atoms with Crippen LogP contribution in [-0.2, 0) is 4.79 Å². The molecule has 2 nitrogen and oxygen atoms in total. The van der Waals surface area contributed by atoms with Gasteiger partial charge in [-0.05, 0) is 43.4 Å². The fraction of sp³-hybridized carbons (Fsp3) is 0.588. The van der Waals surface area contributed by atoms with Crippen LogP contribution in [0.5, 0.6) is 0 Å². The predicted octanol–water partition coefficient (Wildman–Crippen LogP) is 4.21. The fourth-order valence-electron chi connectivity index (χ4n) is 3.37. The first-order valence-electron chi connectivity index (χ1n) is 7.67. The zero-order valence-corrected chi connectivity index (χ0v) is 13.2. The van der Waals surface area contributed by atoms with E-state index in [-0.39, 0.29) is 5.37 Å². The lowest BCUT2D eigenvalue weighted by Gasteiger charge is -2.35. The molecule has 1 unspecified atom stereocenters. The summed E-state index contributed by atoms with van der Waals surface area (Å²) in [4.78, 5) is 14.5. The van der Waals surface area contributed by atoms with Crippen molar-refractivity contribution in [1.29, 1.82) is 0 Å². The summed E-state index contributed by atoms with van der Waals surface area (Å²) in [6, 6.07) is 7.13. The van der Waals surface area contributed by atoms with Crippen LogP contribution in [0.2, 0.25) is 0 Å². The number of amides is 1. The van der Waals surface area contributed by atoms with Crippen molar-refractivity contribution in [1.82, 2.24) is 4.90 Å². The van der Waals surface area contributed by atoms with Crippen LogP contribution in [0.1, 0.15) is 54.2 Å². The van der Waals surface area contributed by atoms with Gasteiger partial charge in [0.1, 0.15) is 5.37 Å². The van der Waals surface area contributed by atoms with E-state index in [1.807, 2.05) is 0 Å². The maximum atomic E-state index is 12.3. The van der Waals surface area contributed by atoms with Crippen LogP contribution >= 0.6 is 11.8 Å². The van der Waals surface area contributed by atoms with Crippen molar-refractivity contribution in [2.75, 3.05) is 5.75 Å². The number of hydrogen-bond acceptors (Lipinski definition) is 2. The van der Waals surface area contributed by atoms with Crippen molar-refractivity contribution in [2.45, 2.75) is 57.4 Å². The summed E-state index contributed by atoms with van der Waals surface area (Å²) in [5, 5.41) is 0.241. The Labute approximate surface area is 125 Å². The maximum Gasteiger partial charge on any atom is 0.234 e. The lowest BCUT2D eigenvalue weighted by molar-refractivity contribution is -0.131. The van der Waals surface area contributed by atoms with Crippen molar-refractivity contribution in [3.8, 4) is 0 Å². The van der Waals surface area contributed by atoms with E-state index in [9.17, 15) is 4.79 Å². The first-order valence-corrected chi connectivity index (χ1v) is 8.71. The lowest BCUT2D eigenvalue weighted by atomic mass is 9.93. The molecule has 1 aromatic rings. The molecule has 1 amide bonds. The molecule has 2 aliphatic rings. The molecule has 0 aromatic heterocycles. The SMILES string of the molecule is Cc1ccc(C2SCC(=O)N2C2CCCCC2)cc1C. The molecule has 0 bridgehead atoms. The minimum absolute atomic E-state index is 0.241. The molecule has 1 atom stereocenters. The maximum absolute atomic E-state index is 12.3. The molecule has 0 spiro atoms. The molecule has 108 valence electrons. The minimum atomic E-state index is 0.241. The Hall–Kier alpha value is -0.960. The number of thioether (sulfide) groups is 1. The Morgan fingerprint density at radius 3 is 2.55 bits per heavy atom. The van der Waals surface area contributed by atoms with E-state index >= 15 is 0 Å². The van der Waals surface area contributed by atoms with E-state index in [1.54, 1.807) is 11.8 Å². The zero-order valence-electron chi connectivity index (χ0n) is 12.4. The van der Waals surface area contributed by atoms with Gasteiger partial charge in [0.2, 0.25) is 5.91 Å². The largest absolute Gasteiger partial charge is 0.323 e. The van der Waals surface area contributed by atoms with Crippen LogP contribution in [0.15, 0.2) is 18.2 Å². The fourth-order valence-corrected chi connectivity index (χ4v) is 4.60. The van der Waals surface area contributed by atoms with Gasteiger partial charge >= 0.3 is 0 Å². The van der Waals surface area contributed by atoms with Crippen molar-refractivity contribution < 1.29 is 4.79 Å². The Morgan fingerprint density at radius 1 is 1.10 bits per heavy atom. The van der Waals surface area contributed by atoms with Crippen molar-refractivity contribution in [3.05, 3.63) is 34.9 Å². The van der Waals surface area contributed by atoms with Crippen LogP contribution in [0.25, 0.3) is 0 Å². The van der Waals surface area contributed by atoms with E-state index in [0.29, 0.717) is 17.7 Å². The highest BCUT2D eigenvalue weighted by Crippen LogP contribution is 2.42. The first-order chi connectivity index (χ1) is 9.66. The average Bonchev–Trinajstić information content (AvgIpc) is 2.85. The Bertz CT molecular complexity index is 508. The molecule has 1 heterocycles. The number of carbonyl (C=O) groups is 1. The predicted molar refractivity (Wildman–Crippen MR) is 84.8 cm³/mol. The Balaban J connectivity index is 1.86. The molecule has 1 aromatic carbocycles. The third-order valence-corrected chi connectivity index (χ3v) is 5.92. The lowest BCUT2D eigenvalue weighted by Crippen LogP contribution is -2.39. The quantitative estimate of drug-likeness (QED) is 0.813. The molecule has 20 heavy (non-hydrogen) atoms. The monoisotopic (exact) mass is 289 g/mol. The van der Waals surface area contributed by atoms with Gasteiger partial charge in [-0.3, -0.25) is 4.79 Å². The van der Waals surface area contributed by atoms with Gasteiger partial charge in [0.15, 0.2) is 0 Å². The van der Waals surface area contributed by atoms with Crippen molar-refractivity contribution in [3.63, 3.8) is 0 Å². The van der Waals surface area contributed by atoms with E-state index in [2.05, 4.69) is 36.9 Å². The summed E-state index contributed by atoms with van der Waals surface area (Å²) in [6.45, 7) is 4.30. The molecule has 2 fully saturated rings. The number of nitrogens with zero attached hydrogens (tertiary/aromatic N) is 1. The summed E-state index contributed by atoms with van der Waals surface area (Å²) >= 11 is 1.80. The highest BCUT2D eigenvalue weighted by molar-refractivity contribution is 8.00. The van der Waals surface area contributed by atoms with E-state index < -0.39 is 0 Å². The number of hydrogen-bond donors (Lipinski definition) is 0. The van der Waals surface area contributed by atoms with Crippen LogP contribution in [-0.4, -0.2) is 22.6 Å². The molecule has 3 rings (SSSR count). The molecule has 1 aliphatic carbocycles. The van der Waals surface area contributed by atoms with Crippen molar-refractivity contribution >= 4 is 17.7 Å². The third-order valence-electron chi connectivity index (χ3n) is 4.69. The van der Waals surface area contributed by atoms with E-state index in [1.165, 1.54) is 48.8 Å². The third kappa shape index (κ3) is 2.60. The molecule has 1 saturated carbocycles. The van der Waals surface area contributed by atoms with Gasteiger partial charge in [0.25, 0.3) is 0 Å². The summed E-state index contributed by atoms with van der Waals surface area (Å²) in [6.07, 6.45) is 6.26. The van der Waals surface area contributed by atoms with E-state index in [4.69, 9.17) is 0 Å².